The van der Waals surface area contributed by atoms with Crippen molar-refractivity contribution in [2.45, 2.75) is 42.9 Å². The molecule has 0 fully saturated rings. The molecule has 0 bridgehead atoms. The molecule has 13 heteroatoms. The highest BCUT2D eigenvalue weighted by atomic mass is 32.2. The van der Waals surface area contributed by atoms with Crippen LogP contribution in [0.4, 0.5) is 31.1 Å². The highest BCUT2D eigenvalue weighted by molar-refractivity contribution is 7.89. The summed E-state index contributed by atoms with van der Waals surface area (Å²) < 4.78 is 99.5. The monoisotopic (exact) mass is 485 g/mol. The fourth-order valence-electron chi connectivity index (χ4n) is 2.93. The predicted molar refractivity (Wildman–Crippen MR) is 105 cm³/mol. The smallest absolute Gasteiger partial charge is 0.324 e. The third-order valence-electron chi connectivity index (χ3n) is 4.40. The van der Waals surface area contributed by atoms with Crippen LogP contribution in [0.2, 0.25) is 0 Å². The van der Waals surface area contributed by atoms with Gasteiger partial charge in [0, 0.05) is 31.3 Å². The van der Waals surface area contributed by atoms with Crippen molar-refractivity contribution in [1.29, 1.82) is 0 Å². The molecule has 2 amide bonds. The van der Waals surface area contributed by atoms with Crippen LogP contribution in [0.1, 0.15) is 25.7 Å². The summed E-state index contributed by atoms with van der Waals surface area (Å²) in [5.41, 5.74) is 1.87. The number of rotatable bonds is 9. The molecule has 0 aliphatic carbocycles. The number of fused-ring (bicyclic) bond motifs is 1. The molecule has 2 N–H and O–H groups in total. The number of benzene rings is 2. The molecule has 0 spiro atoms. The molecule has 2 aromatic carbocycles. The summed E-state index contributed by atoms with van der Waals surface area (Å²) in [6, 6.07) is 9.84. The molecule has 0 aliphatic heterocycles. The van der Waals surface area contributed by atoms with Gasteiger partial charge in [-0.1, -0.05) is 36.4 Å². The highest BCUT2D eigenvalue weighted by Crippen LogP contribution is 2.24. The third kappa shape index (κ3) is 8.19. The van der Waals surface area contributed by atoms with Gasteiger partial charge in [-0.15, -0.1) is 4.83 Å². The summed E-state index contributed by atoms with van der Waals surface area (Å²) in [7, 11) is -4.27. The van der Waals surface area contributed by atoms with Crippen LogP contribution in [0.15, 0.2) is 47.4 Å². The van der Waals surface area contributed by atoms with Crippen LogP contribution in [-0.2, 0) is 10.0 Å². The zero-order valence-electron chi connectivity index (χ0n) is 16.6. The SMILES string of the molecule is O=C(NNS(=O)(=O)c1cccc2ccccc12)N(CCCC(F)(F)F)CCCC(F)(F)F. The molecule has 32 heavy (non-hydrogen) atoms. The average molecular weight is 485 g/mol. The number of nitrogens with zero attached hydrogens (tertiary/aromatic N) is 1. The van der Waals surface area contributed by atoms with E-state index in [1.807, 2.05) is 10.3 Å². The first-order valence-electron chi connectivity index (χ1n) is 9.46. The average Bonchev–Trinajstić information content (AvgIpc) is 2.68. The quantitative estimate of drug-likeness (QED) is 0.398. The Kier molecular flexibility index (Phi) is 8.35. The molecule has 2 rings (SSSR count). The Morgan fingerprint density at radius 1 is 0.844 bits per heavy atom. The van der Waals surface area contributed by atoms with Gasteiger partial charge in [-0.3, -0.25) is 5.43 Å². The zero-order valence-corrected chi connectivity index (χ0v) is 17.4. The van der Waals surface area contributed by atoms with Crippen LogP contribution in [0, 0.1) is 0 Å². The Bertz CT molecular complexity index is 1000. The van der Waals surface area contributed by atoms with E-state index >= 15 is 0 Å². The van der Waals surface area contributed by atoms with Crippen molar-refractivity contribution in [3.05, 3.63) is 42.5 Å². The molecule has 2 aromatic rings. The van der Waals surface area contributed by atoms with Gasteiger partial charge < -0.3 is 4.90 Å². The van der Waals surface area contributed by atoms with Crippen LogP contribution >= 0.6 is 0 Å². The Labute approximate surface area is 180 Å². The van der Waals surface area contributed by atoms with Gasteiger partial charge in [0.1, 0.15) is 0 Å². The molecule has 6 nitrogen and oxygen atoms in total. The number of nitrogens with one attached hydrogen (secondary N) is 2. The topological polar surface area (TPSA) is 78.5 Å². The maximum atomic E-state index is 12.6. The van der Waals surface area contributed by atoms with Gasteiger partial charge in [0.15, 0.2) is 0 Å². The Morgan fingerprint density at radius 3 is 1.94 bits per heavy atom. The first-order valence-corrected chi connectivity index (χ1v) is 10.9. The summed E-state index contributed by atoms with van der Waals surface area (Å²) >= 11 is 0. The van der Waals surface area contributed by atoms with Gasteiger partial charge in [0.25, 0.3) is 10.0 Å². The van der Waals surface area contributed by atoms with Gasteiger partial charge in [-0.2, -0.15) is 26.3 Å². The van der Waals surface area contributed by atoms with Gasteiger partial charge in [0.2, 0.25) is 0 Å². The van der Waals surface area contributed by atoms with E-state index in [-0.39, 0.29) is 4.90 Å². The predicted octanol–water partition coefficient (Wildman–Crippen LogP) is 4.73. The molecule has 0 atom stereocenters. The summed E-state index contributed by atoms with van der Waals surface area (Å²) in [5, 5.41) is 0.978. The number of hydrazine groups is 1. The minimum absolute atomic E-state index is 0.156. The standard InChI is InChI=1S/C19H21F6N3O3S/c20-18(21,22)10-4-12-28(13-5-11-19(23,24)25)17(29)26-27-32(30,31)16-9-3-7-14-6-1-2-8-15(14)16/h1-3,6-9,27H,4-5,10-13H2,(H,26,29). The largest absolute Gasteiger partial charge is 0.389 e. The number of carbonyl (C=O) groups is 1. The van der Waals surface area contributed by atoms with Gasteiger partial charge in [0.05, 0.1) is 4.90 Å². The lowest BCUT2D eigenvalue weighted by molar-refractivity contribution is -0.136. The Balaban J connectivity index is 2.07. The number of sulfonamides is 1. The fourth-order valence-corrected chi connectivity index (χ4v) is 4.00. The molecule has 0 radical (unpaired) electrons. The third-order valence-corrected chi connectivity index (χ3v) is 5.70. The summed E-state index contributed by atoms with van der Waals surface area (Å²) in [6.07, 6.45) is -12.6. The van der Waals surface area contributed by atoms with Gasteiger partial charge >= 0.3 is 18.4 Å². The number of carbonyl (C=O) groups excluding carboxylic acids is 1. The summed E-state index contributed by atoms with van der Waals surface area (Å²) in [6.45, 7) is -1.00. The van der Waals surface area contributed by atoms with E-state index in [9.17, 15) is 39.6 Å². The van der Waals surface area contributed by atoms with Crippen molar-refractivity contribution in [2.24, 2.45) is 0 Å². The molecule has 0 aliphatic rings. The maximum Gasteiger partial charge on any atom is 0.389 e. The van der Waals surface area contributed by atoms with Crippen molar-refractivity contribution >= 4 is 26.8 Å². The van der Waals surface area contributed by atoms with E-state index in [4.69, 9.17) is 0 Å². The lowest BCUT2D eigenvalue weighted by Crippen LogP contribution is -2.49. The lowest BCUT2D eigenvalue weighted by atomic mass is 10.1. The van der Waals surface area contributed by atoms with E-state index in [0.717, 1.165) is 0 Å². The molecule has 0 unspecified atom stereocenters. The van der Waals surface area contributed by atoms with Crippen molar-refractivity contribution < 1.29 is 39.6 Å². The summed E-state index contributed by atoms with van der Waals surface area (Å²) in [4.78, 5) is 14.7. The molecule has 0 heterocycles. The zero-order chi connectivity index (χ0) is 24.0. The number of alkyl halides is 6. The van der Waals surface area contributed by atoms with Gasteiger partial charge in [-0.25, -0.2) is 13.2 Å². The van der Waals surface area contributed by atoms with Crippen LogP contribution < -0.4 is 10.3 Å². The maximum absolute atomic E-state index is 12.6. The van der Waals surface area contributed by atoms with Gasteiger partial charge in [-0.05, 0) is 24.3 Å². The van der Waals surface area contributed by atoms with E-state index < -0.39 is 67.2 Å². The van der Waals surface area contributed by atoms with Crippen molar-refractivity contribution in [3.8, 4) is 0 Å². The second-order valence-corrected chi connectivity index (χ2v) is 8.59. The minimum atomic E-state index is -4.50. The highest BCUT2D eigenvalue weighted by Gasteiger charge is 2.29. The summed E-state index contributed by atoms with van der Waals surface area (Å²) in [5.74, 6) is 0. The van der Waals surface area contributed by atoms with Crippen LogP contribution in [-0.4, -0.2) is 44.8 Å². The van der Waals surface area contributed by atoms with Crippen LogP contribution in [0.3, 0.4) is 0 Å². The molecular weight excluding hydrogens is 464 g/mol. The Hall–Kier alpha value is -2.54. The number of hydrogen-bond donors (Lipinski definition) is 2. The van der Waals surface area contributed by atoms with E-state index in [2.05, 4.69) is 0 Å². The minimum Gasteiger partial charge on any atom is -0.324 e. The molecule has 0 aromatic heterocycles. The lowest BCUT2D eigenvalue weighted by Gasteiger charge is -2.24. The number of halogens is 6. The van der Waals surface area contributed by atoms with Crippen molar-refractivity contribution in [1.82, 2.24) is 15.2 Å². The van der Waals surface area contributed by atoms with Crippen LogP contribution in [0.5, 0.6) is 0 Å². The second-order valence-electron chi connectivity index (χ2n) is 6.94. The number of amides is 2. The van der Waals surface area contributed by atoms with Crippen molar-refractivity contribution in [2.75, 3.05) is 13.1 Å². The normalized spacial score (nSPS) is 12.7. The first kappa shape index (κ1) is 25.7. The van der Waals surface area contributed by atoms with E-state index in [0.29, 0.717) is 15.7 Å². The van der Waals surface area contributed by atoms with Crippen LogP contribution in [0.25, 0.3) is 10.8 Å². The molecule has 0 saturated heterocycles. The van der Waals surface area contributed by atoms with E-state index in [1.165, 1.54) is 12.1 Å². The Morgan fingerprint density at radius 2 is 1.38 bits per heavy atom. The van der Waals surface area contributed by atoms with Crippen molar-refractivity contribution in [3.63, 3.8) is 0 Å². The van der Waals surface area contributed by atoms with E-state index in [1.54, 1.807) is 30.3 Å². The molecule has 0 saturated carbocycles. The number of hydrogen-bond acceptors (Lipinski definition) is 3. The molecule has 178 valence electrons. The number of urea groups is 1. The fraction of sp³-hybridized carbons (Fsp3) is 0.421. The molecular formula is C19H21F6N3O3S. The first-order chi connectivity index (χ1) is 14.8. The second kappa shape index (κ2) is 10.4.